The first-order valence-corrected chi connectivity index (χ1v) is 27.0. The van der Waals surface area contributed by atoms with Gasteiger partial charge in [-0.2, -0.15) is 0 Å². The van der Waals surface area contributed by atoms with E-state index in [2.05, 4.69) is 19.2 Å². The molecule has 364 valence electrons. The molecule has 6 unspecified atom stereocenters. The number of carbonyl (C=O) groups is 1. The Hall–Kier alpha value is -0.660. The fourth-order valence-corrected chi connectivity index (χ4v) is 9.46. The highest BCUT2D eigenvalue weighted by molar-refractivity contribution is 7.47. The average molecular weight is 894 g/mol. The molecule has 0 bridgehead atoms. The van der Waals surface area contributed by atoms with Crippen LogP contribution < -0.4 is 5.32 Å². The number of aliphatic hydroxyl groups excluding tert-OH is 6. The molecule has 0 aromatic rings. The predicted octanol–water partition coefficient (Wildman–Crippen LogP) is 10.2. The van der Waals surface area contributed by atoms with Crippen molar-refractivity contribution in [3.8, 4) is 0 Å². The highest BCUT2D eigenvalue weighted by Crippen LogP contribution is 2.47. The number of aliphatic hydroxyl groups is 6. The molecule has 1 fully saturated rings. The molecular formula is C48H96NO11P. The molecule has 1 aliphatic rings. The molecule has 0 spiro atoms. The van der Waals surface area contributed by atoms with Gasteiger partial charge in [-0.25, -0.2) is 4.57 Å². The van der Waals surface area contributed by atoms with Gasteiger partial charge in [0.15, 0.2) is 0 Å². The van der Waals surface area contributed by atoms with Crippen LogP contribution in [-0.2, 0) is 18.4 Å². The van der Waals surface area contributed by atoms with E-state index >= 15 is 0 Å². The van der Waals surface area contributed by atoms with Gasteiger partial charge in [-0.3, -0.25) is 13.8 Å². The van der Waals surface area contributed by atoms with Crippen LogP contribution in [-0.4, -0.2) is 96.8 Å². The van der Waals surface area contributed by atoms with Gasteiger partial charge in [-0.15, -0.1) is 0 Å². The Bertz CT molecular complexity index is 1040. The first-order valence-electron chi connectivity index (χ1n) is 25.5. The number of hydrogen-bond acceptors (Lipinski definition) is 10. The minimum absolute atomic E-state index is 0.243. The summed E-state index contributed by atoms with van der Waals surface area (Å²) in [5.41, 5.74) is 0. The lowest BCUT2D eigenvalue weighted by Crippen LogP contribution is -2.64. The molecule has 1 aliphatic carbocycles. The molecule has 1 saturated carbocycles. The Morgan fingerprint density at radius 3 is 1.13 bits per heavy atom. The summed E-state index contributed by atoms with van der Waals surface area (Å²) in [6.07, 6.45) is 30.0. The van der Waals surface area contributed by atoms with Crippen LogP contribution in [0.3, 0.4) is 0 Å². The van der Waals surface area contributed by atoms with Crippen LogP contribution in [0.1, 0.15) is 245 Å². The number of rotatable bonds is 43. The smallest absolute Gasteiger partial charge is 0.391 e. The number of carbonyl (C=O) groups excluding carboxylic acids is 1. The minimum atomic E-state index is -5.05. The molecule has 0 aromatic carbocycles. The molecule has 9 atom stereocenters. The van der Waals surface area contributed by atoms with Crippen molar-refractivity contribution >= 4 is 13.7 Å². The average Bonchev–Trinajstić information content (AvgIpc) is 3.24. The number of nitrogens with one attached hydrogen (secondary N) is 1. The molecule has 0 saturated heterocycles. The summed E-state index contributed by atoms with van der Waals surface area (Å²) in [7, 11) is -5.05. The lowest BCUT2D eigenvalue weighted by molar-refractivity contribution is -0.220. The highest BCUT2D eigenvalue weighted by atomic mass is 31.2. The summed E-state index contributed by atoms with van der Waals surface area (Å²) < 4.78 is 23.0. The number of phosphoric ester groups is 1. The topological polar surface area (TPSA) is 206 Å². The van der Waals surface area contributed by atoms with Crippen molar-refractivity contribution in [3.63, 3.8) is 0 Å². The summed E-state index contributed by atoms with van der Waals surface area (Å²) in [6.45, 7) is 3.91. The number of unbranched alkanes of at least 4 members (excludes halogenated alkanes) is 32. The summed E-state index contributed by atoms with van der Waals surface area (Å²) >= 11 is 0. The third-order valence-corrected chi connectivity index (χ3v) is 13.7. The molecule has 1 amide bonds. The Labute approximate surface area is 372 Å². The maximum atomic E-state index is 13.0. The van der Waals surface area contributed by atoms with Crippen molar-refractivity contribution in [1.82, 2.24) is 5.32 Å². The van der Waals surface area contributed by atoms with Crippen LogP contribution in [0.2, 0.25) is 0 Å². The van der Waals surface area contributed by atoms with E-state index in [4.69, 9.17) is 9.05 Å². The van der Waals surface area contributed by atoms with Gasteiger partial charge < -0.3 is 40.8 Å². The van der Waals surface area contributed by atoms with Crippen LogP contribution in [0.25, 0.3) is 0 Å². The first kappa shape index (κ1) is 58.4. The third-order valence-electron chi connectivity index (χ3n) is 12.7. The Morgan fingerprint density at radius 2 is 0.787 bits per heavy atom. The number of phosphoric acid groups is 1. The van der Waals surface area contributed by atoms with E-state index in [0.717, 1.165) is 38.5 Å². The lowest BCUT2D eigenvalue weighted by atomic mass is 9.85. The lowest BCUT2D eigenvalue weighted by Gasteiger charge is -2.41. The van der Waals surface area contributed by atoms with E-state index < -0.39 is 63.2 Å². The summed E-state index contributed by atoms with van der Waals surface area (Å²) in [5.74, 6) is -0.303. The second-order valence-corrected chi connectivity index (χ2v) is 19.8. The SMILES string of the molecule is CCCCCCCCCCCCCCCCCCCCCCCCC(=O)N[C@@H](COP(=O)(O)OC1C(O)C(O)C(O)[C@@H](O)C1O)[C@H](O)CCCCCCCCCCCCCC. The molecule has 1 rings (SSSR count). The fourth-order valence-electron chi connectivity index (χ4n) is 8.50. The molecule has 0 aliphatic heterocycles. The fraction of sp³-hybridized carbons (Fsp3) is 0.979. The van der Waals surface area contributed by atoms with Crippen LogP contribution in [0, 0.1) is 0 Å². The van der Waals surface area contributed by atoms with Gasteiger partial charge in [0.1, 0.15) is 36.6 Å². The van der Waals surface area contributed by atoms with Crippen LogP contribution in [0.5, 0.6) is 0 Å². The molecule has 0 radical (unpaired) electrons. The molecule has 8 N–H and O–H groups in total. The van der Waals surface area contributed by atoms with Crippen molar-refractivity contribution in [2.75, 3.05) is 6.61 Å². The Balaban J connectivity index is 2.35. The van der Waals surface area contributed by atoms with Crippen molar-refractivity contribution in [2.45, 2.75) is 294 Å². The molecule has 0 heterocycles. The zero-order valence-electron chi connectivity index (χ0n) is 39.0. The minimum Gasteiger partial charge on any atom is -0.391 e. The molecule has 12 nitrogen and oxygen atoms in total. The van der Waals surface area contributed by atoms with Crippen molar-refractivity contribution in [1.29, 1.82) is 0 Å². The molecule has 13 heteroatoms. The Morgan fingerprint density at radius 1 is 0.492 bits per heavy atom. The van der Waals surface area contributed by atoms with Crippen LogP contribution in [0.4, 0.5) is 0 Å². The van der Waals surface area contributed by atoms with Crippen LogP contribution >= 0.6 is 7.82 Å². The maximum Gasteiger partial charge on any atom is 0.472 e. The second kappa shape index (κ2) is 38.6. The van der Waals surface area contributed by atoms with Gasteiger partial charge in [-0.05, 0) is 12.8 Å². The Kier molecular flexibility index (Phi) is 36.9. The van der Waals surface area contributed by atoms with Crippen molar-refractivity contribution in [2.24, 2.45) is 0 Å². The van der Waals surface area contributed by atoms with Gasteiger partial charge in [0.05, 0.1) is 18.8 Å². The second-order valence-electron chi connectivity index (χ2n) is 18.4. The quantitative estimate of drug-likeness (QED) is 0.0214. The summed E-state index contributed by atoms with van der Waals surface area (Å²) in [6, 6.07) is -1.02. The monoisotopic (exact) mass is 894 g/mol. The van der Waals surface area contributed by atoms with E-state index in [1.165, 1.54) is 167 Å². The van der Waals surface area contributed by atoms with E-state index in [1.807, 2.05) is 0 Å². The van der Waals surface area contributed by atoms with Crippen LogP contribution in [0.15, 0.2) is 0 Å². The van der Waals surface area contributed by atoms with Crippen molar-refractivity contribution < 1.29 is 53.9 Å². The van der Waals surface area contributed by atoms with E-state index in [9.17, 15) is 44.9 Å². The van der Waals surface area contributed by atoms with Gasteiger partial charge in [0, 0.05) is 6.42 Å². The van der Waals surface area contributed by atoms with Gasteiger partial charge >= 0.3 is 7.82 Å². The summed E-state index contributed by atoms with van der Waals surface area (Å²) in [4.78, 5) is 23.4. The van der Waals surface area contributed by atoms with Gasteiger partial charge in [0.25, 0.3) is 0 Å². The number of hydrogen-bond donors (Lipinski definition) is 8. The molecule has 61 heavy (non-hydrogen) atoms. The largest absolute Gasteiger partial charge is 0.472 e. The summed E-state index contributed by atoms with van der Waals surface area (Å²) in [5, 5.41) is 64.2. The standard InChI is InChI=1S/C48H96NO11P/c1-3-5-7-9-11-13-15-17-18-19-20-21-22-23-24-25-26-28-30-32-34-36-38-42(51)49-40(41(50)37-35-33-31-29-27-16-14-12-10-8-6-4-2)39-59-61(57,58)60-48-46(55)44(53)43(52)45(54)47(48)56/h40-41,43-48,50,52-56H,3-39H2,1-2H3,(H,49,51)(H,57,58)/t40-,41+,43?,44+,45?,46?,47?,48?/m0/s1. The maximum absolute atomic E-state index is 13.0. The number of amides is 1. The predicted molar refractivity (Wildman–Crippen MR) is 246 cm³/mol. The first-order chi connectivity index (χ1) is 29.4. The molecule has 0 aromatic heterocycles. The van der Waals surface area contributed by atoms with E-state index in [1.54, 1.807) is 0 Å². The van der Waals surface area contributed by atoms with Crippen molar-refractivity contribution in [3.05, 3.63) is 0 Å². The zero-order chi connectivity index (χ0) is 45.0. The van der Waals surface area contributed by atoms with Gasteiger partial charge in [-0.1, -0.05) is 226 Å². The highest BCUT2D eigenvalue weighted by Gasteiger charge is 2.51. The normalized spacial score (nSPS) is 22.6. The van der Waals surface area contributed by atoms with E-state index in [0.29, 0.717) is 19.3 Å². The zero-order valence-corrected chi connectivity index (χ0v) is 39.9. The third kappa shape index (κ3) is 30.2. The van der Waals surface area contributed by atoms with E-state index in [-0.39, 0.29) is 12.3 Å². The van der Waals surface area contributed by atoms with Gasteiger partial charge in [0.2, 0.25) is 5.91 Å². The molecular weight excluding hydrogens is 797 g/mol.